The van der Waals surface area contributed by atoms with E-state index in [2.05, 4.69) is 0 Å². The van der Waals surface area contributed by atoms with E-state index in [1.807, 2.05) is 20.8 Å². The predicted molar refractivity (Wildman–Crippen MR) is 75.1 cm³/mol. The lowest BCUT2D eigenvalue weighted by atomic mass is 9.86. The normalized spacial score (nSPS) is 30.9. The van der Waals surface area contributed by atoms with Crippen molar-refractivity contribution in [2.75, 3.05) is 0 Å². The van der Waals surface area contributed by atoms with Gasteiger partial charge in [-0.2, -0.15) is 0 Å². The van der Waals surface area contributed by atoms with Gasteiger partial charge >= 0.3 is 11.9 Å². The van der Waals surface area contributed by atoms with Crippen LogP contribution < -0.4 is 0 Å². The van der Waals surface area contributed by atoms with E-state index in [4.69, 9.17) is 9.84 Å². The number of carboxylic acids is 1. The summed E-state index contributed by atoms with van der Waals surface area (Å²) in [6.45, 7) is 5.81. The first kappa shape index (κ1) is 15.1. The molecule has 4 nitrogen and oxygen atoms in total. The molecule has 2 aliphatic rings. The van der Waals surface area contributed by atoms with E-state index < -0.39 is 11.9 Å². The Bertz CT molecular complexity index is 430. The second kappa shape index (κ2) is 5.23. The fourth-order valence-electron chi connectivity index (χ4n) is 3.37. The first-order valence-corrected chi connectivity index (χ1v) is 7.40. The Hall–Kier alpha value is -1.32. The molecule has 4 heteroatoms. The van der Waals surface area contributed by atoms with Gasteiger partial charge in [-0.15, -0.1) is 0 Å². The van der Waals surface area contributed by atoms with E-state index >= 15 is 0 Å². The highest BCUT2D eigenvalue weighted by atomic mass is 16.6. The third kappa shape index (κ3) is 3.05. The average molecular weight is 280 g/mol. The van der Waals surface area contributed by atoms with E-state index in [9.17, 15) is 9.59 Å². The van der Waals surface area contributed by atoms with E-state index in [0.29, 0.717) is 0 Å². The lowest BCUT2D eigenvalue weighted by molar-refractivity contribution is -0.154. The Morgan fingerprint density at radius 2 is 1.75 bits per heavy atom. The highest BCUT2D eigenvalue weighted by Gasteiger charge is 2.60. The van der Waals surface area contributed by atoms with Gasteiger partial charge in [-0.05, 0) is 43.9 Å². The van der Waals surface area contributed by atoms with Crippen LogP contribution in [0.1, 0.15) is 52.9 Å². The number of carbonyl (C=O) groups excluding carboxylic acids is 1. The smallest absolute Gasteiger partial charge is 0.330 e. The maximum atomic E-state index is 11.9. The first-order chi connectivity index (χ1) is 9.26. The molecule has 0 aromatic rings. The second-order valence-corrected chi connectivity index (χ2v) is 6.95. The van der Waals surface area contributed by atoms with Crippen LogP contribution in [0, 0.1) is 17.3 Å². The zero-order chi connectivity index (χ0) is 15.0. The lowest BCUT2D eigenvalue weighted by Gasteiger charge is -2.32. The molecule has 112 valence electrons. The number of esters is 1. The Morgan fingerprint density at radius 3 is 2.25 bits per heavy atom. The molecule has 0 spiro atoms. The largest absolute Gasteiger partial charge is 0.481 e. The second-order valence-electron chi connectivity index (χ2n) is 6.95. The Balaban J connectivity index is 1.89. The summed E-state index contributed by atoms with van der Waals surface area (Å²) in [5.74, 6) is -1.61. The highest BCUT2D eigenvalue weighted by Crippen LogP contribution is 2.59. The topological polar surface area (TPSA) is 63.6 Å². The zero-order valence-corrected chi connectivity index (χ0v) is 12.5. The molecule has 2 saturated carbocycles. The molecule has 0 bridgehead atoms. The Labute approximate surface area is 120 Å². The van der Waals surface area contributed by atoms with Gasteiger partial charge in [0, 0.05) is 6.08 Å². The highest BCUT2D eigenvalue weighted by molar-refractivity contribution is 5.83. The van der Waals surface area contributed by atoms with E-state index in [1.165, 1.54) is 12.5 Å². The fraction of sp³-hybridized carbons (Fsp3) is 0.750. The first-order valence-electron chi connectivity index (χ1n) is 7.40. The van der Waals surface area contributed by atoms with E-state index in [1.54, 1.807) is 6.08 Å². The third-order valence-electron chi connectivity index (χ3n) is 4.87. The minimum atomic E-state index is -0.794. The molecule has 2 fully saturated rings. The molecule has 0 amide bonds. The summed E-state index contributed by atoms with van der Waals surface area (Å²) in [5, 5.41) is 9.08. The molecule has 2 unspecified atom stereocenters. The minimum absolute atomic E-state index is 0.0771. The third-order valence-corrected chi connectivity index (χ3v) is 4.87. The van der Waals surface area contributed by atoms with Gasteiger partial charge in [0.15, 0.2) is 0 Å². The number of hydrogen-bond donors (Lipinski definition) is 1. The van der Waals surface area contributed by atoms with Crippen LogP contribution in [0.2, 0.25) is 0 Å². The van der Waals surface area contributed by atoms with Crippen LogP contribution in [-0.4, -0.2) is 22.6 Å². The number of carboxylic acid groups (broad SMARTS) is 1. The summed E-state index contributed by atoms with van der Waals surface area (Å²) in [5.41, 5.74) is -0.609. The molecule has 2 atom stereocenters. The predicted octanol–water partition coefficient (Wildman–Crippen LogP) is 3.17. The Kier molecular flexibility index (Phi) is 3.94. The van der Waals surface area contributed by atoms with Gasteiger partial charge in [0.25, 0.3) is 0 Å². The summed E-state index contributed by atoms with van der Waals surface area (Å²) >= 11 is 0. The number of hydrogen-bond acceptors (Lipinski definition) is 3. The molecule has 0 aromatic carbocycles. The average Bonchev–Trinajstić information content (AvgIpc) is 2.89. The van der Waals surface area contributed by atoms with Crippen molar-refractivity contribution in [1.82, 2.24) is 0 Å². The van der Waals surface area contributed by atoms with Crippen LogP contribution in [0.15, 0.2) is 12.2 Å². The van der Waals surface area contributed by atoms with Gasteiger partial charge in [0.05, 0.1) is 5.92 Å². The summed E-state index contributed by atoms with van der Waals surface area (Å²) in [4.78, 5) is 22.9. The maximum absolute atomic E-state index is 11.9. The van der Waals surface area contributed by atoms with Gasteiger partial charge in [0.1, 0.15) is 5.60 Å². The molecule has 1 N–H and O–H groups in total. The molecule has 0 radical (unpaired) electrons. The standard InChI is InChI=1S/C16H24O4/c1-15(2)11(13(15)14(18)19)7-8-12(17)20-16(3)9-5-4-6-10-16/h7-8,11,13H,4-6,9-10H2,1-3H3,(H,18,19)/b8-7-. The zero-order valence-electron chi connectivity index (χ0n) is 12.5. The molecule has 2 rings (SSSR count). The van der Waals surface area contributed by atoms with Crippen molar-refractivity contribution >= 4 is 11.9 Å². The molecule has 20 heavy (non-hydrogen) atoms. The van der Waals surface area contributed by atoms with Crippen LogP contribution in [0.4, 0.5) is 0 Å². The number of allylic oxidation sites excluding steroid dienone is 1. The van der Waals surface area contributed by atoms with Crippen LogP contribution in [0.5, 0.6) is 0 Å². The van der Waals surface area contributed by atoms with Gasteiger partial charge in [-0.25, -0.2) is 4.79 Å². The number of carbonyl (C=O) groups is 2. The molecular weight excluding hydrogens is 256 g/mol. The van der Waals surface area contributed by atoms with Crippen molar-refractivity contribution in [2.45, 2.75) is 58.5 Å². The van der Waals surface area contributed by atoms with E-state index in [-0.39, 0.29) is 22.9 Å². The van der Waals surface area contributed by atoms with Gasteiger partial charge < -0.3 is 9.84 Å². The number of aliphatic carboxylic acids is 1. The Morgan fingerprint density at radius 1 is 1.15 bits per heavy atom. The van der Waals surface area contributed by atoms with Crippen LogP contribution >= 0.6 is 0 Å². The quantitative estimate of drug-likeness (QED) is 0.634. The summed E-state index contributed by atoms with van der Waals surface area (Å²) in [6.07, 6.45) is 8.36. The molecule has 2 aliphatic carbocycles. The summed E-state index contributed by atoms with van der Waals surface area (Å²) in [7, 11) is 0. The van der Waals surface area contributed by atoms with Crippen LogP contribution in [0.25, 0.3) is 0 Å². The van der Waals surface area contributed by atoms with Crippen LogP contribution in [-0.2, 0) is 14.3 Å². The van der Waals surface area contributed by atoms with Gasteiger partial charge in [-0.1, -0.05) is 26.3 Å². The monoisotopic (exact) mass is 280 g/mol. The van der Waals surface area contributed by atoms with Crippen molar-refractivity contribution in [3.05, 3.63) is 12.2 Å². The summed E-state index contributed by atoms with van der Waals surface area (Å²) in [6, 6.07) is 0. The fourth-order valence-corrected chi connectivity index (χ4v) is 3.37. The SMILES string of the molecule is CC1(OC(=O)/C=C\C2C(C(=O)O)C2(C)C)CCCCC1. The van der Waals surface area contributed by atoms with Crippen LogP contribution in [0.3, 0.4) is 0 Å². The van der Waals surface area contributed by atoms with E-state index in [0.717, 1.165) is 25.7 Å². The van der Waals surface area contributed by atoms with Crippen molar-refractivity contribution in [3.8, 4) is 0 Å². The molecule has 0 aliphatic heterocycles. The molecular formula is C16H24O4. The molecule has 0 saturated heterocycles. The minimum Gasteiger partial charge on any atom is -0.481 e. The van der Waals surface area contributed by atoms with Crippen molar-refractivity contribution in [3.63, 3.8) is 0 Å². The maximum Gasteiger partial charge on any atom is 0.330 e. The number of rotatable bonds is 4. The van der Waals surface area contributed by atoms with Gasteiger partial charge in [0.2, 0.25) is 0 Å². The van der Waals surface area contributed by atoms with Crippen molar-refractivity contribution in [2.24, 2.45) is 17.3 Å². The van der Waals surface area contributed by atoms with Gasteiger partial charge in [-0.3, -0.25) is 4.79 Å². The summed E-state index contributed by atoms with van der Waals surface area (Å²) < 4.78 is 5.55. The van der Waals surface area contributed by atoms with Crippen molar-refractivity contribution < 1.29 is 19.4 Å². The number of ether oxygens (including phenoxy) is 1. The molecule has 0 aromatic heterocycles. The lowest BCUT2D eigenvalue weighted by Crippen LogP contribution is -2.33. The molecule has 0 heterocycles. The van der Waals surface area contributed by atoms with Crippen molar-refractivity contribution in [1.29, 1.82) is 0 Å².